The highest BCUT2D eigenvalue weighted by Gasteiger charge is 2.21. The number of guanidine groups is 1. The zero-order valence-corrected chi connectivity index (χ0v) is 12.1. The minimum absolute atomic E-state index is 0.0734. The first-order valence-corrected chi connectivity index (χ1v) is 7.18. The smallest absolute Gasteiger partial charge is 0.197 e. The van der Waals surface area contributed by atoms with E-state index in [1.165, 1.54) is 0 Å². The second-order valence-corrected chi connectivity index (χ2v) is 5.35. The summed E-state index contributed by atoms with van der Waals surface area (Å²) < 4.78 is 11.0. The van der Waals surface area contributed by atoms with Crippen molar-refractivity contribution in [1.82, 2.24) is 10.6 Å². The molecule has 20 heavy (non-hydrogen) atoms. The molecule has 2 heterocycles. The molecule has 0 spiro atoms. The fraction of sp³-hybridized carbons (Fsp3) is 0.500. The largest absolute Gasteiger partial charge is 0.376 e. The molecule has 108 valence electrons. The van der Waals surface area contributed by atoms with E-state index in [4.69, 9.17) is 21.1 Å². The highest BCUT2D eigenvalue weighted by molar-refractivity contribution is 6.31. The van der Waals surface area contributed by atoms with Gasteiger partial charge in [0.05, 0.1) is 37.7 Å². The summed E-state index contributed by atoms with van der Waals surface area (Å²) in [5, 5.41) is 7.33. The summed E-state index contributed by atoms with van der Waals surface area (Å²) in [5.41, 5.74) is 1.95. The van der Waals surface area contributed by atoms with Crippen LogP contribution < -0.4 is 10.6 Å². The summed E-state index contributed by atoms with van der Waals surface area (Å²) in [6.07, 6.45) is 0.0734. The van der Waals surface area contributed by atoms with Gasteiger partial charge in [-0.05, 0) is 19.1 Å². The Kier molecular flexibility index (Phi) is 4.10. The molecular weight excluding hydrogens is 278 g/mol. The van der Waals surface area contributed by atoms with Crippen molar-refractivity contribution in [3.05, 3.63) is 28.8 Å². The Morgan fingerprint density at radius 3 is 3.15 bits per heavy atom. The van der Waals surface area contributed by atoms with E-state index in [0.29, 0.717) is 26.4 Å². The van der Waals surface area contributed by atoms with E-state index in [0.717, 1.165) is 22.2 Å². The Labute approximate surface area is 123 Å². The van der Waals surface area contributed by atoms with E-state index in [9.17, 15) is 0 Å². The monoisotopic (exact) mass is 295 g/mol. The van der Waals surface area contributed by atoms with Gasteiger partial charge in [-0.3, -0.25) is 0 Å². The fourth-order valence-corrected chi connectivity index (χ4v) is 2.77. The Morgan fingerprint density at radius 2 is 2.35 bits per heavy atom. The van der Waals surface area contributed by atoms with Gasteiger partial charge < -0.3 is 20.1 Å². The molecule has 3 rings (SSSR count). The number of halogens is 1. The molecule has 2 N–H and O–H groups in total. The highest BCUT2D eigenvalue weighted by atomic mass is 35.5. The van der Waals surface area contributed by atoms with Gasteiger partial charge in [-0.1, -0.05) is 17.7 Å². The number of rotatable bonds is 2. The third-order valence-corrected chi connectivity index (χ3v) is 3.76. The van der Waals surface area contributed by atoms with Crippen LogP contribution in [-0.4, -0.2) is 38.4 Å². The van der Waals surface area contributed by atoms with E-state index in [-0.39, 0.29) is 12.1 Å². The quantitative estimate of drug-likeness (QED) is 0.876. The van der Waals surface area contributed by atoms with E-state index < -0.39 is 0 Å². The molecule has 0 aromatic heterocycles. The molecule has 1 saturated heterocycles. The molecule has 2 aliphatic heterocycles. The molecule has 0 amide bonds. The van der Waals surface area contributed by atoms with Gasteiger partial charge >= 0.3 is 0 Å². The molecule has 2 aliphatic rings. The van der Waals surface area contributed by atoms with Crippen molar-refractivity contribution in [2.75, 3.05) is 26.4 Å². The molecule has 5 nitrogen and oxygen atoms in total. The zero-order chi connectivity index (χ0) is 13.9. The van der Waals surface area contributed by atoms with E-state index >= 15 is 0 Å². The van der Waals surface area contributed by atoms with Gasteiger partial charge in [0.25, 0.3) is 0 Å². The Bertz CT molecular complexity index is 515. The van der Waals surface area contributed by atoms with Gasteiger partial charge in [0, 0.05) is 17.1 Å². The molecule has 6 heteroatoms. The summed E-state index contributed by atoms with van der Waals surface area (Å²) in [4.78, 5) is 4.55. The number of aliphatic imine (C=N–C) groups is 1. The van der Waals surface area contributed by atoms with Crippen LogP contribution in [0, 0.1) is 0 Å². The standard InChI is InChI=1S/C14H18ClN3O2/c1-9-13-11(15)3-2-4-12(13)18-14(17-9)16-7-10-8-19-5-6-20-10/h2-4,9-10H,5-8H2,1H3,(H2,16,17,18). The van der Waals surface area contributed by atoms with Crippen LogP contribution in [0.3, 0.4) is 0 Å². The Balaban J connectivity index is 1.69. The van der Waals surface area contributed by atoms with Crippen LogP contribution in [0.4, 0.5) is 5.69 Å². The van der Waals surface area contributed by atoms with Crippen molar-refractivity contribution >= 4 is 23.2 Å². The van der Waals surface area contributed by atoms with Crippen LogP contribution in [0.2, 0.25) is 5.02 Å². The Hall–Kier alpha value is -1.30. The van der Waals surface area contributed by atoms with Gasteiger partial charge in [-0.2, -0.15) is 0 Å². The summed E-state index contributed by atoms with van der Waals surface area (Å²) >= 11 is 6.22. The van der Waals surface area contributed by atoms with Crippen LogP contribution in [0.25, 0.3) is 0 Å². The lowest BCUT2D eigenvalue weighted by atomic mass is 10.1. The van der Waals surface area contributed by atoms with Crippen molar-refractivity contribution in [1.29, 1.82) is 0 Å². The maximum absolute atomic E-state index is 6.22. The fourth-order valence-electron chi connectivity index (χ4n) is 2.44. The van der Waals surface area contributed by atoms with Gasteiger partial charge in [-0.25, -0.2) is 4.99 Å². The van der Waals surface area contributed by atoms with Crippen molar-refractivity contribution in [3.63, 3.8) is 0 Å². The predicted molar refractivity (Wildman–Crippen MR) is 78.7 cm³/mol. The maximum Gasteiger partial charge on any atom is 0.197 e. The van der Waals surface area contributed by atoms with Gasteiger partial charge in [-0.15, -0.1) is 0 Å². The molecular formula is C14H18ClN3O2. The summed E-state index contributed by atoms with van der Waals surface area (Å²) in [6, 6.07) is 5.90. The number of benzene rings is 1. The third-order valence-electron chi connectivity index (χ3n) is 3.43. The number of nitrogens with one attached hydrogen (secondary N) is 2. The highest BCUT2D eigenvalue weighted by Crippen LogP contribution is 2.34. The topological polar surface area (TPSA) is 54.9 Å². The van der Waals surface area contributed by atoms with Gasteiger partial charge in [0.15, 0.2) is 5.96 Å². The number of ether oxygens (including phenoxy) is 2. The first kappa shape index (κ1) is 13.7. The minimum atomic E-state index is 0.0734. The van der Waals surface area contributed by atoms with Crippen LogP contribution in [0.1, 0.15) is 18.5 Å². The van der Waals surface area contributed by atoms with E-state index in [2.05, 4.69) is 22.5 Å². The summed E-state index contributed by atoms with van der Waals surface area (Å²) in [6.45, 7) is 4.70. The van der Waals surface area contributed by atoms with Crippen LogP contribution in [0.15, 0.2) is 23.2 Å². The minimum Gasteiger partial charge on any atom is -0.376 e. The molecule has 0 aliphatic carbocycles. The van der Waals surface area contributed by atoms with Gasteiger partial charge in [0.1, 0.15) is 0 Å². The molecule has 2 atom stereocenters. The average molecular weight is 296 g/mol. The summed E-state index contributed by atoms with van der Waals surface area (Å²) in [5.74, 6) is 0.751. The summed E-state index contributed by atoms with van der Waals surface area (Å²) in [7, 11) is 0. The molecule has 1 aromatic carbocycles. The molecule has 1 fully saturated rings. The second-order valence-electron chi connectivity index (χ2n) is 4.95. The normalized spacial score (nSPS) is 25.4. The molecule has 0 radical (unpaired) electrons. The number of nitrogens with zero attached hydrogens (tertiary/aromatic N) is 1. The lowest BCUT2D eigenvalue weighted by Gasteiger charge is -2.28. The lowest BCUT2D eigenvalue weighted by Crippen LogP contribution is -2.46. The van der Waals surface area contributed by atoms with Crippen molar-refractivity contribution in [2.45, 2.75) is 19.1 Å². The van der Waals surface area contributed by atoms with Crippen LogP contribution in [0.5, 0.6) is 0 Å². The van der Waals surface area contributed by atoms with Crippen LogP contribution >= 0.6 is 11.6 Å². The van der Waals surface area contributed by atoms with E-state index in [1.54, 1.807) is 0 Å². The molecule has 0 saturated carbocycles. The van der Waals surface area contributed by atoms with Crippen molar-refractivity contribution in [3.8, 4) is 0 Å². The molecule has 2 unspecified atom stereocenters. The molecule has 1 aromatic rings. The number of hydrogen-bond acceptors (Lipinski definition) is 5. The first-order chi connectivity index (χ1) is 9.74. The van der Waals surface area contributed by atoms with Crippen LogP contribution in [-0.2, 0) is 9.47 Å². The van der Waals surface area contributed by atoms with Gasteiger partial charge in [0.2, 0.25) is 0 Å². The average Bonchev–Trinajstić information content (AvgIpc) is 2.46. The lowest BCUT2D eigenvalue weighted by molar-refractivity contribution is -0.0850. The predicted octanol–water partition coefficient (Wildman–Crippen LogP) is 2.00. The number of fused-ring (bicyclic) bond motifs is 1. The first-order valence-electron chi connectivity index (χ1n) is 6.81. The Morgan fingerprint density at radius 1 is 1.45 bits per heavy atom. The third kappa shape index (κ3) is 2.90. The SMILES string of the molecule is CC1NC(NCC2COCCO2)=Nc2cccc(Cl)c21. The molecule has 0 bridgehead atoms. The van der Waals surface area contributed by atoms with E-state index in [1.807, 2.05) is 18.2 Å². The van der Waals surface area contributed by atoms with Crippen molar-refractivity contribution < 1.29 is 9.47 Å². The zero-order valence-electron chi connectivity index (χ0n) is 11.4. The van der Waals surface area contributed by atoms with Crippen molar-refractivity contribution in [2.24, 2.45) is 4.99 Å². The number of hydrogen-bond donors (Lipinski definition) is 2. The second kappa shape index (κ2) is 5.99. The maximum atomic E-state index is 6.22.